The van der Waals surface area contributed by atoms with Gasteiger partial charge in [0.1, 0.15) is 11.6 Å². The number of benzene rings is 2. The first kappa shape index (κ1) is 12.9. The number of nitrogens with two attached hydrogens (primary N) is 1. The zero-order valence-electron chi connectivity index (χ0n) is 10.9. The van der Waals surface area contributed by atoms with Crippen molar-refractivity contribution in [2.24, 2.45) is 0 Å². The predicted octanol–water partition coefficient (Wildman–Crippen LogP) is 4.10. The Morgan fingerprint density at radius 1 is 1.30 bits per heavy atom. The lowest BCUT2D eigenvalue weighted by molar-refractivity contribution is 0.628. The number of hydrogen-bond acceptors (Lipinski definition) is 2. The zero-order chi connectivity index (χ0) is 14.3. The van der Waals surface area contributed by atoms with Crippen LogP contribution in [0.1, 0.15) is 6.92 Å². The summed E-state index contributed by atoms with van der Waals surface area (Å²) in [5, 5.41) is 0.610. The molecular weight excluding hydrogens is 277 g/mol. The van der Waals surface area contributed by atoms with Crippen LogP contribution in [0.5, 0.6) is 0 Å². The Balaban J connectivity index is 2.33. The van der Waals surface area contributed by atoms with E-state index in [1.807, 2.05) is 23.6 Å². The highest BCUT2D eigenvalue weighted by Crippen LogP contribution is 2.31. The summed E-state index contributed by atoms with van der Waals surface area (Å²) in [6.45, 7) is 2.63. The number of aryl methyl sites for hydroxylation is 1. The van der Waals surface area contributed by atoms with Crippen LogP contribution in [-0.4, -0.2) is 9.55 Å². The van der Waals surface area contributed by atoms with Crippen LogP contribution in [0.25, 0.3) is 22.4 Å². The van der Waals surface area contributed by atoms with Gasteiger partial charge >= 0.3 is 0 Å². The molecule has 1 aromatic heterocycles. The number of fused-ring (bicyclic) bond motifs is 1. The van der Waals surface area contributed by atoms with Gasteiger partial charge in [0, 0.05) is 12.2 Å². The lowest BCUT2D eigenvalue weighted by atomic mass is 10.2. The van der Waals surface area contributed by atoms with Crippen molar-refractivity contribution in [1.29, 1.82) is 0 Å². The van der Waals surface area contributed by atoms with Crippen molar-refractivity contribution in [2.45, 2.75) is 13.5 Å². The van der Waals surface area contributed by atoms with Crippen LogP contribution >= 0.6 is 11.6 Å². The molecule has 0 saturated heterocycles. The molecule has 20 heavy (non-hydrogen) atoms. The molecule has 0 unspecified atom stereocenters. The Labute approximate surface area is 120 Å². The first-order chi connectivity index (χ1) is 9.61. The third kappa shape index (κ3) is 1.93. The maximum Gasteiger partial charge on any atom is 0.144 e. The van der Waals surface area contributed by atoms with E-state index in [-0.39, 0.29) is 5.82 Å². The van der Waals surface area contributed by atoms with Crippen molar-refractivity contribution in [3.63, 3.8) is 0 Å². The molecule has 5 heteroatoms. The smallest absolute Gasteiger partial charge is 0.144 e. The number of para-hydroxylation sites is 1. The number of hydrogen-bond donors (Lipinski definition) is 1. The van der Waals surface area contributed by atoms with E-state index in [4.69, 9.17) is 17.3 Å². The number of anilines is 1. The highest BCUT2D eigenvalue weighted by molar-refractivity contribution is 6.35. The Hall–Kier alpha value is -2.07. The summed E-state index contributed by atoms with van der Waals surface area (Å²) in [7, 11) is 0. The summed E-state index contributed by atoms with van der Waals surface area (Å²) in [4.78, 5) is 4.50. The van der Waals surface area contributed by atoms with Crippen molar-refractivity contribution >= 4 is 28.3 Å². The van der Waals surface area contributed by atoms with Gasteiger partial charge in [0.05, 0.1) is 21.6 Å². The Bertz CT molecular complexity index is 795. The zero-order valence-corrected chi connectivity index (χ0v) is 11.7. The lowest BCUT2D eigenvalue weighted by Crippen LogP contribution is -2.00. The van der Waals surface area contributed by atoms with E-state index in [0.29, 0.717) is 28.6 Å². The maximum absolute atomic E-state index is 14.1. The molecule has 0 radical (unpaired) electrons. The van der Waals surface area contributed by atoms with E-state index < -0.39 is 0 Å². The quantitative estimate of drug-likeness (QED) is 0.722. The molecule has 2 aromatic carbocycles. The summed E-state index contributed by atoms with van der Waals surface area (Å²) >= 11 is 6.23. The monoisotopic (exact) mass is 289 g/mol. The van der Waals surface area contributed by atoms with Crippen LogP contribution in [0.4, 0.5) is 10.1 Å². The van der Waals surface area contributed by atoms with Crippen LogP contribution in [0, 0.1) is 5.82 Å². The van der Waals surface area contributed by atoms with Crippen LogP contribution in [0.3, 0.4) is 0 Å². The molecule has 3 aromatic rings. The molecule has 0 aliphatic carbocycles. The van der Waals surface area contributed by atoms with Crippen LogP contribution in [0.2, 0.25) is 5.02 Å². The minimum atomic E-state index is -0.383. The molecular formula is C15H13ClFN3. The number of halogens is 2. The maximum atomic E-state index is 14.1. The Morgan fingerprint density at radius 3 is 2.80 bits per heavy atom. The van der Waals surface area contributed by atoms with E-state index in [1.54, 1.807) is 18.2 Å². The van der Waals surface area contributed by atoms with Crippen molar-refractivity contribution < 1.29 is 4.39 Å². The molecule has 1 heterocycles. The standard InChI is InChI=1S/C15H13ClFN3/c1-2-20-14-11(16)4-3-5-13(14)19-15(20)10-7-6-9(18)8-12(10)17/h3-8H,2,18H2,1H3. The molecule has 0 spiro atoms. The van der Waals surface area contributed by atoms with Crippen molar-refractivity contribution in [3.05, 3.63) is 47.2 Å². The van der Waals surface area contributed by atoms with E-state index >= 15 is 0 Å². The molecule has 0 atom stereocenters. The van der Waals surface area contributed by atoms with Gasteiger partial charge in [-0.25, -0.2) is 9.37 Å². The van der Waals surface area contributed by atoms with Crippen molar-refractivity contribution in [3.8, 4) is 11.4 Å². The topological polar surface area (TPSA) is 43.8 Å². The van der Waals surface area contributed by atoms with E-state index in [9.17, 15) is 4.39 Å². The van der Waals surface area contributed by atoms with Crippen LogP contribution < -0.4 is 5.73 Å². The fraction of sp³-hybridized carbons (Fsp3) is 0.133. The average molecular weight is 290 g/mol. The van der Waals surface area contributed by atoms with Gasteiger partial charge in [-0.2, -0.15) is 0 Å². The van der Waals surface area contributed by atoms with Gasteiger partial charge in [0.25, 0.3) is 0 Å². The highest BCUT2D eigenvalue weighted by Gasteiger charge is 2.16. The van der Waals surface area contributed by atoms with Gasteiger partial charge in [0.15, 0.2) is 0 Å². The third-order valence-electron chi connectivity index (χ3n) is 3.27. The first-order valence-electron chi connectivity index (χ1n) is 6.32. The van der Waals surface area contributed by atoms with Crippen molar-refractivity contribution in [2.75, 3.05) is 5.73 Å². The van der Waals surface area contributed by atoms with Crippen molar-refractivity contribution in [1.82, 2.24) is 9.55 Å². The molecule has 3 rings (SSSR count). The van der Waals surface area contributed by atoms with E-state index in [0.717, 1.165) is 11.0 Å². The second-order valence-electron chi connectivity index (χ2n) is 4.53. The van der Waals surface area contributed by atoms with Gasteiger partial charge in [-0.05, 0) is 37.3 Å². The minimum absolute atomic E-state index is 0.383. The number of imidazole rings is 1. The molecule has 2 N–H and O–H groups in total. The second-order valence-corrected chi connectivity index (χ2v) is 4.93. The predicted molar refractivity (Wildman–Crippen MR) is 80.2 cm³/mol. The largest absolute Gasteiger partial charge is 0.399 e. The SMILES string of the molecule is CCn1c(-c2ccc(N)cc2F)nc2cccc(Cl)c21. The number of aromatic nitrogens is 2. The van der Waals surface area contributed by atoms with Gasteiger partial charge in [-0.15, -0.1) is 0 Å². The molecule has 0 aliphatic heterocycles. The molecule has 0 aliphatic rings. The summed E-state index contributed by atoms with van der Waals surface area (Å²) in [6, 6.07) is 10.1. The summed E-state index contributed by atoms with van der Waals surface area (Å²) in [5.41, 5.74) is 7.98. The van der Waals surface area contributed by atoms with Crippen LogP contribution in [0.15, 0.2) is 36.4 Å². The number of nitrogen functional groups attached to an aromatic ring is 1. The molecule has 0 fully saturated rings. The normalized spacial score (nSPS) is 11.2. The minimum Gasteiger partial charge on any atom is -0.399 e. The Morgan fingerprint density at radius 2 is 2.10 bits per heavy atom. The van der Waals surface area contributed by atoms with Gasteiger partial charge in [0.2, 0.25) is 0 Å². The fourth-order valence-electron chi connectivity index (χ4n) is 2.37. The van der Waals surface area contributed by atoms with Gasteiger partial charge in [-0.3, -0.25) is 0 Å². The lowest BCUT2D eigenvalue weighted by Gasteiger charge is -2.08. The van der Waals surface area contributed by atoms with Gasteiger partial charge < -0.3 is 10.3 Å². The third-order valence-corrected chi connectivity index (χ3v) is 3.57. The molecule has 102 valence electrons. The second kappa shape index (κ2) is 4.80. The molecule has 0 bridgehead atoms. The number of rotatable bonds is 2. The summed E-state index contributed by atoms with van der Waals surface area (Å²) in [5.74, 6) is 0.180. The van der Waals surface area contributed by atoms with Gasteiger partial charge in [-0.1, -0.05) is 17.7 Å². The molecule has 0 amide bonds. The van der Waals surface area contributed by atoms with Crippen LogP contribution in [-0.2, 0) is 6.54 Å². The molecule has 0 saturated carbocycles. The average Bonchev–Trinajstić information content (AvgIpc) is 2.78. The van der Waals surface area contributed by atoms with E-state index in [1.165, 1.54) is 6.07 Å². The Kier molecular flexibility index (Phi) is 3.10. The van der Waals surface area contributed by atoms with E-state index in [2.05, 4.69) is 4.98 Å². The summed E-state index contributed by atoms with van der Waals surface area (Å²) in [6.07, 6.45) is 0. The first-order valence-corrected chi connectivity index (χ1v) is 6.69. The summed E-state index contributed by atoms with van der Waals surface area (Å²) < 4.78 is 16.0. The molecule has 3 nitrogen and oxygen atoms in total. The highest BCUT2D eigenvalue weighted by atomic mass is 35.5. The fourth-order valence-corrected chi connectivity index (χ4v) is 2.64. The number of nitrogens with zero attached hydrogens (tertiary/aromatic N) is 2.